The van der Waals surface area contributed by atoms with Crippen molar-refractivity contribution in [3.8, 4) is 5.69 Å². The fourth-order valence-corrected chi connectivity index (χ4v) is 3.30. The van der Waals surface area contributed by atoms with E-state index in [4.69, 9.17) is 0 Å². The molecule has 2 aromatic heterocycles. The summed E-state index contributed by atoms with van der Waals surface area (Å²) in [5.74, 6) is -0.304. The van der Waals surface area contributed by atoms with Crippen LogP contribution < -0.4 is 5.32 Å². The third kappa shape index (κ3) is 3.87. The number of hydrogen-bond acceptors (Lipinski definition) is 5. The van der Waals surface area contributed by atoms with Gasteiger partial charge in [-0.2, -0.15) is 16.4 Å². The van der Waals surface area contributed by atoms with E-state index in [1.165, 1.54) is 22.9 Å². The third-order valence-electron chi connectivity index (χ3n) is 3.90. The zero-order chi connectivity index (χ0) is 16.9. The van der Waals surface area contributed by atoms with Crippen molar-refractivity contribution < 1.29 is 4.39 Å². The summed E-state index contributed by atoms with van der Waals surface area (Å²) in [4.78, 5) is 6.02. The Morgan fingerprint density at radius 3 is 2.83 bits per heavy atom. The molecule has 0 unspecified atom stereocenters. The summed E-state index contributed by atoms with van der Waals surface area (Å²) in [6.07, 6.45) is 2.87. The van der Waals surface area contributed by atoms with Crippen molar-refractivity contribution in [1.82, 2.24) is 25.0 Å². The fraction of sp³-hybridized carbons (Fsp3) is 0.294. The Balaban J connectivity index is 1.61. The van der Waals surface area contributed by atoms with Crippen molar-refractivity contribution in [2.75, 3.05) is 20.6 Å². The predicted molar refractivity (Wildman–Crippen MR) is 93.8 cm³/mol. The molecule has 7 heteroatoms. The number of thiophene rings is 1. The molecule has 0 radical (unpaired) electrons. The summed E-state index contributed by atoms with van der Waals surface area (Å²) in [5, 5.41) is 11.6. The van der Waals surface area contributed by atoms with E-state index in [1.54, 1.807) is 23.5 Å². The van der Waals surface area contributed by atoms with E-state index in [1.807, 2.05) is 6.07 Å². The number of nitrogens with zero attached hydrogens (tertiary/aromatic N) is 4. The monoisotopic (exact) mass is 345 g/mol. The lowest BCUT2D eigenvalue weighted by atomic mass is 10.1. The molecule has 2 heterocycles. The molecule has 1 atom stereocenters. The molecular formula is C17H20FN5S. The molecule has 1 aromatic carbocycles. The quantitative estimate of drug-likeness (QED) is 0.715. The van der Waals surface area contributed by atoms with Gasteiger partial charge in [0.05, 0.1) is 0 Å². The molecule has 0 aliphatic heterocycles. The average Bonchev–Trinajstić information content (AvgIpc) is 3.24. The van der Waals surface area contributed by atoms with E-state index in [2.05, 4.69) is 51.2 Å². The minimum Gasteiger partial charge on any atom is -0.311 e. The maximum absolute atomic E-state index is 14.2. The van der Waals surface area contributed by atoms with Crippen LogP contribution in [0.2, 0.25) is 0 Å². The van der Waals surface area contributed by atoms with Gasteiger partial charge in [0, 0.05) is 19.1 Å². The average molecular weight is 345 g/mol. The van der Waals surface area contributed by atoms with E-state index in [0.717, 1.165) is 12.1 Å². The van der Waals surface area contributed by atoms with Gasteiger partial charge in [0.15, 0.2) is 0 Å². The first-order valence-electron chi connectivity index (χ1n) is 7.68. The maximum Gasteiger partial charge on any atom is 0.149 e. The maximum atomic E-state index is 14.2. The van der Waals surface area contributed by atoms with Crippen molar-refractivity contribution in [2.45, 2.75) is 12.6 Å². The number of likely N-dealkylation sites (N-methyl/N-ethyl adjacent to an activating group) is 1. The smallest absolute Gasteiger partial charge is 0.149 e. The van der Waals surface area contributed by atoms with Crippen LogP contribution in [0.4, 0.5) is 4.39 Å². The van der Waals surface area contributed by atoms with Crippen molar-refractivity contribution in [2.24, 2.45) is 0 Å². The van der Waals surface area contributed by atoms with E-state index < -0.39 is 0 Å². The number of benzene rings is 1. The second-order valence-electron chi connectivity index (χ2n) is 5.79. The van der Waals surface area contributed by atoms with Crippen LogP contribution in [-0.2, 0) is 6.54 Å². The molecule has 0 bridgehead atoms. The fourth-order valence-electron chi connectivity index (χ4n) is 2.60. The SMILES string of the molecule is CN(C)[C@H](CNCc1ccc(-n2cncn2)c(F)c1)c1ccsc1. The van der Waals surface area contributed by atoms with Gasteiger partial charge in [-0.15, -0.1) is 0 Å². The van der Waals surface area contributed by atoms with Gasteiger partial charge >= 0.3 is 0 Å². The summed E-state index contributed by atoms with van der Waals surface area (Å²) in [6.45, 7) is 1.42. The Bertz CT molecular complexity index is 755. The van der Waals surface area contributed by atoms with Gasteiger partial charge in [-0.3, -0.25) is 0 Å². The van der Waals surface area contributed by atoms with Gasteiger partial charge in [0.1, 0.15) is 24.2 Å². The molecule has 3 aromatic rings. The number of rotatable bonds is 7. The van der Waals surface area contributed by atoms with Crippen LogP contribution in [0.1, 0.15) is 17.2 Å². The van der Waals surface area contributed by atoms with Crippen molar-refractivity contribution in [3.63, 3.8) is 0 Å². The summed E-state index contributed by atoms with van der Waals surface area (Å²) < 4.78 is 15.6. The summed E-state index contributed by atoms with van der Waals surface area (Å²) in [7, 11) is 4.13. The van der Waals surface area contributed by atoms with Gasteiger partial charge in [-0.25, -0.2) is 14.1 Å². The van der Waals surface area contributed by atoms with Crippen molar-refractivity contribution in [3.05, 3.63) is 64.6 Å². The Morgan fingerprint density at radius 1 is 1.33 bits per heavy atom. The molecule has 0 spiro atoms. The third-order valence-corrected chi connectivity index (χ3v) is 4.60. The molecule has 126 valence electrons. The lowest BCUT2D eigenvalue weighted by Gasteiger charge is -2.24. The molecule has 5 nitrogen and oxygen atoms in total. The standard InChI is InChI=1S/C17H20FN5S/c1-22(2)17(14-5-6-24-10-14)9-19-8-13-3-4-16(15(18)7-13)23-12-20-11-21-23/h3-7,10-12,17,19H,8-9H2,1-2H3/t17-/m1/s1. The van der Waals surface area contributed by atoms with Crippen LogP contribution in [0.15, 0.2) is 47.7 Å². The van der Waals surface area contributed by atoms with Crippen LogP contribution in [0.5, 0.6) is 0 Å². The topological polar surface area (TPSA) is 46.0 Å². The highest BCUT2D eigenvalue weighted by molar-refractivity contribution is 7.07. The Kier molecular flexibility index (Phi) is 5.34. The molecule has 0 amide bonds. The number of halogens is 1. The van der Waals surface area contributed by atoms with Gasteiger partial charge in [-0.05, 0) is 54.2 Å². The number of aromatic nitrogens is 3. The highest BCUT2D eigenvalue weighted by Gasteiger charge is 2.14. The molecule has 0 saturated carbocycles. The molecule has 0 saturated heterocycles. The summed E-state index contributed by atoms with van der Waals surface area (Å²) >= 11 is 1.70. The highest BCUT2D eigenvalue weighted by Crippen LogP contribution is 2.20. The first-order valence-corrected chi connectivity index (χ1v) is 8.62. The molecular weight excluding hydrogens is 325 g/mol. The summed E-state index contributed by atoms with van der Waals surface area (Å²) in [6, 6.07) is 7.62. The number of nitrogens with one attached hydrogen (secondary N) is 1. The van der Waals surface area contributed by atoms with Crippen LogP contribution in [0, 0.1) is 5.82 Å². The Morgan fingerprint density at radius 2 is 2.21 bits per heavy atom. The highest BCUT2D eigenvalue weighted by atomic mass is 32.1. The lowest BCUT2D eigenvalue weighted by Crippen LogP contribution is -2.30. The molecule has 0 fully saturated rings. The van der Waals surface area contributed by atoms with Crippen LogP contribution in [0.3, 0.4) is 0 Å². The van der Waals surface area contributed by atoms with Gasteiger partial charge in [0.25, 0.3) is 0 Å². The van der Waals surface area contributed by atoms with Crippen molar-refractivity contribution in [1.29, 1.82) is 0 Å². The summed E-state index contributed by atoms with van der Waals surface area (Å²) in [5.41, 5.74) is 2.60. The first kappa shape index (κ1) is 16.8. The zero-order valence-corrected chi connectivity index (χ0v) is 14.5. The van der Waals surface area contributed by atoms with Gasteiger partial charge in [-0.1, -0.05) is 6.07 Å². The zero-order valence-electron chi connectivity index (χ0n) is 13.7. The Hall–Kier alpha value is -2.09. The van der Waals surface area contributed by atoms with E-state index >= 15 is 0 Å². The van der Waals surface area contributed by atoms with Gasteiger partial charge < -0.3 is 10.2 Å². The molecule has 1 N–H and O–H groups in total. The normalized spacial score (nSPS) is 12.7. The molecule has 24 heavy (non-hydrogen) atoms. The van der Waals surface area contributed by atoms with E-state index in [9.17, 15) is 4.39 Å². The Labute approximate surface area is 144 Å². The first-order chi connectivity index (χ1) is 11.6. The molecule has 0 aliphatic carbocycles. The second kappa shape index (κ2) is 7.65. The molecule has 0 aliphatic rings. The van der Waals surface area contributed by atoms with Crippen molar-refractivity contribution >= 4 is 11.3 Å². The lowest BCUT2D eigenvalue weighted by molar-refractivity contribution is 0.289. The van der Waals surface area contributed by atoms with E-state index in [-0.39, 0.29) is 5.82 Å². The van der Waals surface area contributed by atoms with Gasteiger partial charge in [0.2, 0.25) is 0 Å². The van der Waals surface area contributed by atoms with Crippen LogP contribution in [-0.4, -0.2) is 40.3 Å². The minimum atomic E-state index is -0.304. The molecule has 3 rings (SSSR count). The van der Waals surface area contributed by atoms with Crippen LogP contribution >= 0.6 is 11.3 Å². The second-order valence-corrected chi connectivity index (χ2v) is 6.57. The number of hydrogen-bond donors (Lipinski definition) is 1. The van der Waals surface area contributed by atoms with E-state index in [0.29, 0.717) is 18.3 Å². The minimum absolute atomic E-state index is 0.301. The largest absolute Gasteiger partial charge is 0.311 e. The predicted octanol–water partition coefficient (Wildman–Crippen LogP) is 2.86. The van der Waals surface area contributed by atoms with Crippen LogP contribution in [0.25, 0.3) is 5.69 Å².